The average Bonchev–Trinajstić information content (AvgIpc) is 3.05. The summed E-state index contributed by atoms with van der Waals surface area (Å²) in [6, 6.07) is 30.7. The second-order valence-corrected chi connectivity index (χ2v) is 11.4. The van der Waals surface area contributed by atoms with E-state index in [1.165, 1.54) is 24.3 Å². The molecule has 2 N–H and O–H groups in total. The van der Waals surface area contributed by atoms with E-state index in [4.69, 9.17) is 4.74 Å². The van der Waals surface area contributed by atoms with Crippen LogP contribution in [0.25, 0.3) is 0 Å². The van der Waals surface area contributed by atoms with E-state index in [-0.39, 0.29) is 28.6 Å². The Hall–Kier alpha value is -5.34. The lowest BCUT2D eigenvalue weighted by atomic mass is 10.1. The smallest absolute Gasteiger partial charge is 0.262 e. The van der Waals surface area contributed by atoms with Crippen molar-refractivity contribution in [3.05, 3.63) is 114 Å². The zero-order valence-electron chi connectivity index (χ0n) is 23.1. The van der Waals surface area contributed by atoms with Crippen LogP contribution in [-0.2, 0) is 14.8 Å². The summed E-state index contributed by atoms with van der Waals surface area (Å²) in [4.78, 5) is 29.2. The summed E-state index contributed by atoms with van der Waals surface area (Å²) in [5.41, 5.74) is 1.92. The molecule has 1 aliphatic rings. The van der Waals surface area contributed by atoms with Gasteiger partial charge >= 0.3 is 0 Å². The minimum atomic E-state index is -3.98. The zero-order valence-corrected chi connectivity index (χ0v) is 24.0. The monoisotopic (exact) mass is 595 g/mol. The van der Waals surface area contributed by atoms with Gasteiger partial charge in [-0.05, 0) is 60.7 Å². The number of hydrogen-bond donors (Lipinski definition) is 2. The number of para-hydroxylation sites is 4. The minimum Gasteiger partial charge on any atom is -0.455 e. The predicted molar refractivity (Wildman–Crippen MR) is 162 cm³/mol. The van der Waals surface area contributed by atoms with Gasteiger partial charge in [0.05, 0.1) is 28.4 Å². The second kappa shape index (κ2) is 13.1. The standard InChI is InChI=1S/C32H29N5O5S/c33-22-25-8-4-6-12-29(25)36-18-20-37(21-19-36)31(38)23-34-32(39)24-14-16-27(17-15-24)43(40,41)35-28-11-5-7-13-30(28)42-26-9-2-1-3-10-26/h1-17,35H,18-21,23H2,(H,34,39). The molecule has 1 heterocycles. The van der Waals surface area contributed by atoms with E-state index < -0.39 is 15.9 Å². The molecule has 1 aliphatic heterocycles. The maximum Gasteiger partial charge on any atom is 0.262 e. The van der Waals surface area contributed by atoms with Gasteiger partial charge in [0.15, 0.2) is 5.75 Å². The lowest BCUT2D eigenvalue weighted by molar-refractivity contribution is -0.130. The van der Waals surface area contributed by atoms with Gasteiger partial charge in [-0.1, -0.05) is 42.5 Å². The van der Waals surface area contributed by atoms with E-state index in [1.807, 2.05) is 36.4 Å². The van der Waals surface area contributed by atoms with Gasteiger partial charge in [-0.3, -0.25) is 14.3 Å². The molecule has 4 aromatic carbocycles. The summed E-state index contributed by atoms with van der Waals surface area (Å²) >= 11 is 0. The molecule has 0 saturated carbocycles. The van der Waals surface area contributed by atoms with Gasteiger partial charge in [-0.25, -0.2) is 8.42 Å². The molecule has 0 spiro atoms. The molecule has 0 unspecified atom stereocenters. The highest BCUT2D eigenvalue weighted by Crippen LogP contribution is 2.31. The van der Waals surface area contributed by atoms with E-state index >= 15 is 0 Å². The first-order valence-electron chi connectivity index (χ1n) is 13.6. The lowest BCUT2D eigenvalue weighted by Gasteiger charge is -2.36. The van der Waals surface area contributed by atoms with Crippen LogP contribution < -0.4 is 19.7 Å². The maximum atomic E-state index is 13.1. The predicted octanol–water partition coefficient (Wildman–Crippen LogP) is 4.23. The largest absolute Gasteiger partial charge is 0.455 e. The number of anilines is 2. The van der Waals surface area contributed by atoms with E-state index in [0.29, 0.717) is 43.2 Å². The van der Waals surface area contributed by atoms with E-state index in [2.05, 4.69) is 21.0 Å². The summed E-state index contributed by atoms with van der Waals surface area (Å²) in [6.07, 6.45) is 0. The van der Waals surface area contributed by atoms with Gasteiger partial charge in [-0.2, -0.15) is 5.26 Å². The molecule has 43 heavy (non-hydrogen) atoms. The van der Waals surface area contributed by atoms with Crippen molar-refractivity contribution >= 4 is 33.2 Å². The molecular formula is C32H29N5O5S. The quantitative estimate of drug-likeness (QED) is 0.296. The van der Waals surface area contributed by atoms with Crippen molar-refractivity contribution in [3.63, 3.8) is 0 Å². The van der Waals surface area contributed by atoms with E-state index in [1.54, 1.807) is 47.4 Å². The number of benzene rings is 4. The van der Waals surface area contributed by atoms with Crippen LogP contribution in [0, 0.1) is 11.3 Å². The first-order chi connectivity index (χ1) is 20.8. The molecule has 1 saturated heterocycles. The maximum absolute atomic E-state index is 13.1. The van der Waals surface area contributed by atoms with Crippen LogP contribution in [-0.4, -0.2) is 57.9 Å². The van der Waals surface area contributed by atoms with Crippen LogP contribution in [0.1, 0.15) is 15.9 Å². The molecule has 1 fully saturated rings. The third-order valence-corrected chi connectivity index (χ3v) is 8.31. The van der Waals surface area contributed by atoms with Crippen molar-refractivity contribution in [2.75, 3.05) is 42.3 Å². The van der Waals surface area contributed by atoms with Crippen LogP contribution >= 0.6 is 0 Å². The van der Waals surface area contributed by atoms with Crippen LogP contribution in [0.4, 0.5) is 11.4 Å². The lowest BCUT2D eigenvalue weighted by Crippen LogP contribution is -2.51. The zero-order chi connectivity index (χ0) is 30.2. The number of rotatable bonds is 9. The van der Waals surface area contributed by atoms with E-state index in [0.717, 1.165) is 5.69 Å². The van der Waals surface area contributed by atoms with Gasteiger partial charge in [-0.15, -0.1) is 0 Å². The number of nitriles is 1. The number of carbonyl (C=O) groups excluding carboxylic acids is 2. The van der Waals surface area contributed by atoms with Crippen molar-refractivity contribution in [2.24, 2.45) is 0 Å². The number of piperazine rings is 1. The third-order valence-electron chi connectivity index (χ3n) is 6.93. The number of nitrogens with one attached hydrogen (secondary N) is 2. The topological polar surface area (TPSA) is 132 Å². The Labute approximate surface area is 250 Å². The van der Waals surface area contributed by atoms with Gasteiger partial charge < -0.3 is 19.9 Å². The van der Waals surface area contributed by atoms with E-state index in [9.17, 15) is 23.3 Å². The fourth-order valence-corrected chi connectivity index (χ4v) is 5.73. The number of ether oxygens (including phenoxy) is 1. The Morgan fingerprint density at radius 1 is 0.814 bits per heavy atom. The third kappa shape index (κ3) is 7.12. The molecule has 11 heteroatoms. The first-order valence-corrected chi connectivity index (χ1v) is 15.1. The van der Waals surface area contributed by atoms with Crippen molar-refractivity contribution in [3.8, 4) is 17.6 Å². The molecule has 0 bridgehead atoms. The minimum absolute atomic E-state index is 0.0366. The van der Waals surface area contributed by atoms with Crippen LogP contribution in [0.15, 0.2) is 108 Å². The van der Waals surface area contributed by atoms with Gasteiger partial charge in [0.2, 0.25) is 5.91 Å². The highest BCUT2D eigenvalue weighted by atomic mass is 32.2. The van der Waals surface area contributed by atoms with Crippen LogP contribution in [0.3, 0.4) is 0 Å². The Morgan fingerprint density at radius 3 is 2.19 bits per heavy atom. The molecule has 0 aliphatic carbocycles. The Kier molecular flexibility index (Phi) is 8.88. The Morgan fingerprint density at radius 2 is 1.47 bits per heavy atom. The summed E-state index contributed by atoms with van der Waals surface area (Å²) in [5, 5.41) is 12.0. The summed E-state index contributed by atoms with van der Waals surface area (Å²) in [5.74, 6) is 0.188. The molecule has 0 aromatic heterocycles. The number of hydrogen-bond acceptors (Lipinski definition) is 7. The second-order valence-electron chi connectivity index (χ2n) is 9.72. The molecule has 5 rings (SSSR count). The van der Waals surface area contributed by atoms with Crippen molar-refractivity contribution in [1.29, 1.82) is 5.26 Å². The Balaban J connectivity index is 1.15. The number of nitrogens with zero attached hydrogens (tertiary/aromatic N) is 3. The summed E-state index contributed by atoms with van der Waals surface area (Å²) in [7, 11) is -3.98. The molecule has 0 atom stereocenters. The number of amides is 2. The van der Waals surface area contributed by atoms with Crippen molar-refractivity contribution in [1.82, 2.24) is 10.2 Å². The fourth-order valence-electron chi connectivity index (χ4n) is 4.66. The fraction of sp³-hybridized carbons (Fsp3) is 0.156. The van der Waals surface area contributed by atoms with Crippen LogP contribution in [0.5, 0.6) is 11.5 Å². The molecule has 2 amide bonds. The Bertz CT molecular complexity index is 1750. The first kappa shape index (κ1) is 29.2. The van der Waals surface area contributed by atoms with Crippen LogP contribution in [0.2, 0.25) is 0 Å². The average molecular weight is 596 g/mol. The van der Waals surface area contributed by atoms with Crippen molar-refractivity contribution < 1.29 is 22.7 Å². The molecular weight excluding hydrogens is 566 g/mol. The number of sulfonamides is 1. The highest BCUT2D eigenvalue weighted by Gasteiger charge is 2.23. The summed E-state index contributed by atoms with van der Waals surface area (Å²) < 4.78 is 34.6. The van der Waals surface area contributed by atoms with Gasteiger partial charge in [0, 0.05) is 31.7 Å². The number of carbonyl (C=O) groups is 2. The van der Waals surface area contributed by atoms with Crippen molar-refractivity contribution in [2.45, 2.75) is 4.90 Å². The normalized spacial score (nSPS) is 13.1. The highest BCUT2D eigenvalue weighted by molar-refractivity contribution is 7.92. The molecule has 0 radical (unpaired) electrons. The van der Waals surface area contributed by atoms with Gasteiger partial charge in [0.1, 0.15) is 11.8 Å². The molecule has 10 nitrogen and oxygen atoms in total. The molecule has 4 aromatic rings. The SMILES string of the molecule is N#Cc1ccccc1N1CCN(C(=O)CNC(=O)c2ccc(S(=O)(=O)Nc3ccccc3Oc3ccccc3)cc2)CC1. The van der Waals surface area contributed by atoms with Gasteiger partial charge in [0.25, 0.3) is 15.9 Å². The molecule has 218 valence electrons. The summed E-state index contributed by atoms with van der Waals surface area (Å²) in [6.45, 7) is 1.89.